The Labute approximate surface area is 62.6 Å². The summed E-state index contributed by atoms with van der Waals surface area (Å²) < 4.78 is 0. The number of hydrogen-bond donors (Lipinski definition) is 0. The van der Waals surface area contributed by atoms with E-state index >= 15 is 0 Å². The summed E-state index contributed by atoms with van der Waals surface area (Å²) in [5.74, 6) is 1.49. The molecule has 1 rings (SSSR count). The van der Waals surface area contributed by atoms with Crippen LogP contribution in [0, 0.1) is 11.8 Å². The molecule has 0 N–H and O–H groups in total. The predicted octanol–water partition coefficient (Wildman–Crippen LogP) is 3.05. The molecule has 1 aliphatic rings. The Bertz CT molecular complexity index is 80.6. The van der Waals surface area contributed by atoms with Crippen LogP contribution in [0.25, 0.3) is 0 Å². The van der Waals surface area contributed by atoms with Crippen LogP contribution in [0.3, 0.4) is 0 Å². The summed E-state index contributed by atoms with van der Waals surface area (Å²) in [5.41, 5.74) is 0. The van der Waals surface area contributed by atoms with Gasteiger partial charge >= 0.3 is 0 Å². The predicted molar refractivity (Wildman–Crippen MR) is 41.8 cm³/mol. The van der Waals surface area contributed by atoms with Crippen molar-refractivity contribution in [3.05, 3.63) is 0 Å². The van der Waals surface area contributed by atoms with Crippen molar-refractivity contribution < 1.29 is 0 Å². The molecule has 0 aromatic heterocycles. The molecule has 0 aromatic rings. The van der Waals surface area contributed by atoms with Crippen LogP contribution in [0.1, 0.15) is 33.1 Å². The van der Waals surface area contributed by atoms with Gasteiger partial charge in [0.1, 0.15) is 0 Å². The third-order valence-electron chi connectivity index (χ3n) is 2.41. The molecular weight excluding hydrogens is 132 g/mol. The van der Waals surface area contributed by atoms with E-state index in [1.54, 1.807) is 0 Å². The van der Waals surface area contributed by atoms with Gasteiger partial charge in [-0.25, -0.2) is 0 Å². The van der Waals surface area contributed by atoms with Gasteiger partial charge in [0.15, 0.2) is 0 Å². The lowest BCUT2D eigenvalue weighted by molar-refractivity contribution is 0.309. The summed E-state index contributed by atoms with van der Waals surface area (Å²) >= 11 is 6.12. The van der Waals surface area contributed by atoms with Crippen molar-refractivity contribution in [2.45, 2.75) is 38.5 Å². The zero-order valence-electron chi connectivity index (χ0n) is 6.23. The van der Waals surface area contributed by atoms with Crippen molar-refractivity contribution >= 4 is 11.6 Å². The second-order valence-electron chi connectivity index (χ2n) is 3.33. The Balaban J connectivity index is 2.41. The first-order valence-electron chi connectivity index (χ1n) is 3.86. The normalized spacial score (nSPS) is 45.0. The zero-order chi connectivity index (χ0) is 6.85. The molecule has 1 heteroatoms. The van der Waals surface area contributed by atoms with Gasteiger partial charge in [-0.3, -0.25) is 0 Å². The van der Waals surface area contributed by atoms with Gasteiger partial charge in [0.2, 0.25) is 0 Å². The minimum absolute atomic E-state index is 0.443. The van der Waals surface area contributed by atoms with E-state index in [1.165, 1.54) is 19.3 Å². The Hall–Kier alpha value is 0.290. The van der Waals surface area contributed by atoms with E-state index in [9.17, 15) is 0 Å². The molecule has 1 aliphatic carbocycles. The summed E-state index contributed by atoms with van der Waals surface area (Å²) in [4.78, 5) is 0. The van der Waals surface area contributed by atoms with Crippen molar-refractivity contribution in [2.24, 2.45) is 11.8 Å². The van der Waals surface area contributed by atoms with E-state index in [1.807, 2.05) is 0 Å². The first kappa shape index (κ1) is 7.40. The fourth-order valence-corrected chi connectivity index (χ4v) is 1.89. The molecule has 0 amide bonds. The van der Waals surface area contributed by atoms with Crippen molar-refractivity contribution in [1.29, 1.82) is 0 Å². The molecule has 0 saturated heterocycles. The molecule has 1 saturated carbocycles. The van der Waals surface area contributed by atoms with Crippen molar-refractivity contribution in [3.63, 3.8) is 0 Å². The van der Waals surface area contributed by atoms with Crippen molar-refractivity contribution in [2.75, 3.05) is 0 Å². The highest BCUT2D eigenvalue weighted by molar-refractivity contribution is 6.21. The van der Waals surface area contributed by atoms with Gasteiger partial charge in [0.25, 0.3) is 0 Å². The smallest absolute Gasteiger partial charge is 0.0387 e. The molecule has 2 unspecified atom stereocenters. The molecule has 9 heavy (non-hydrogen) atoms. The summed E-state index contributed by atoms with van der Waals surface area (Å²) in [7, 11) is 0. The maximum atomic E-state index is 6.12. The number of hydrogen-bond acceptors (Lipinski definition) is 0. The quantitative estimate of drug-likeness (QED) is 0.461. The average Bonchev–Trinajstić information content (AvgIpc) is 1.83. The maximum absolute atomic E-state index is 6.12. The standard InChI is InChI=1S/C8H15Cl/c1-6-4-3-5-7(2)8(6)9/h6-8H,3-5H2,1-2H3. The third-order valence-corrected chi connectivity index (χ3v) is 3.27. The molecule has 0 nitrogen and oxygen atoms in total. The van der Waals surface area contributed by atoms with E-state index in [0.29, 0.717) is 5.38 Å². The van der Waals surface area contributed by atoms with Gasteiger partial charge in [-0.15, -0.1) is 11.6 Å². The lowest BCUT2D eigenvalue weighted by Crippen LogP contribution is -2.24. The monoisotopic (exact) mass is 146 g/mol. The fraction of sp³-hybridized carbons (Fsp3) is 1.00. The van der Waals surface area contributed by atoms with Crippen LogP contribution >= 0.6 is 11.6 Å². The molecule has 0 aliphatic heterocycles. The SMILES string of the molecule is CC1CCCC(C)C1Cl. The lowest BCUT2D eigenvalue weighted by Gasteiger charge is -2.29. The van der Waals surface area contributed by atoms with Gasteiger partial charge in [-0.1, -0.05) is 20.3 Å². The summed E-state index contributed by atoms with van der Waals surface area (Å²) in [6.07, 6.45) is 4.04. The third kappa shape index (κ3) is 1.61. The van der Waals surface area contributed by atoms with Crippen LogP contribution in [-0.4, -0.2) is 5.38 Å². The van der Waals surface area contributed by atoms with Crippen molar-refractivity contribution in [3.8, 4) is 0 Å². The topological polar surface area (TPSA) is 0 Å². The van der Waals surface area contributed by atoms with Crippen molar-refractivity contribution in [1.82, 2.24) is 0 Å². The highest BCUT2D eigenvalue weighted by atomic mass is 35.5. The van der Waals surface area contributed by atoms with Gasteiger partial charge in [0, 0.05) is 5.38 Å². The average molecular weight is 147 g/mol. The van der Waals surface area contributed by atoms with E-state index in [-0.39, 0.29) is 0 Å². The minimum atomic E-state index is 0.443. The zero-order valence-corrected chi connectivity index (χ0v) is 6.99. The second kappa shape index (κ2) is 2.92. The van der Waals surface area contributed by atoms with Crippen LogP contribution in [0.5, 0.6) is 0 Å². The van der Waals surface area contributed by atoms with Crippen LogP contribution in [-0.2, 0) is 0 Å². The van der Waals surface area contributed by atoms with E-state index in [0.717, 1.165) is 11.8 Å². The fourth-order valence-electron chi connectivity index (χ4n) is 1.64. The molecule has 0 heterocycles. The first-order valence-corrected chi connectivity index (χ1v) is 4.29. The van der Waals surface area contributed by atoms with Gasteiger partial charge in [0.05, 0.1) is 0 Å². The van der Waals surface area contributed by atoms with E-state index in [2.05, 4.69) is 13.8 Å². The molecule has 1 fully saturated rings. The summed E-state index contributed by atoms with van der Waals surface area (Å²) in [6.45, 7) is 4.51. The molecule has 0 spiro atoms. The van der Waals surface area contributed by atoms with Crippen LogP contribution in [0.4, 0.5) is 0 Å². The lowest BCUT2D eigenvalue weighted by atomic mass is 9.83. The Kier molecular flexibility index (Phi) is 2.40. The highest BCUT2D eigenvalue weighted by Crippen LogP contribution is 2.32. The largest absolute Gasteiger partial charge is 0.122 e. The van der Waals surface area contributed by atoms with E-state index in [4.69, 9.17) is 11.6 Å². The first-order chi connectivity index (χ1) is 4.22. The maximum Gasteiger partial charge on any atom is 0.0387 e. The molecule has 54 valence electrons. The number of alkyl halides is 1. The Morgan fingerprint density at radius 2 is 1.56 bits per heavy atom. The van der Waals surface area contributed by atoms with Gasteiger partial charge in [-0.2, -0.15) is 0 Å². The summed E-state index contributed by atoms with van der Waals surface area (Å²) in [5, 5.41) is 0.443. The molecule has 0 radical (unpaired) electrons. The van der Waals surface area contributed by atoms with Crippen LogP contribution in [0.2, 0.25) is 0 Å². The van der Waals surface area contributed by atoms with Gasteiger partial charge < -0.3 is 0 Å². The molecule has 0 aromatic carbocycles. The van der Waals surface area contributed by atoms with Gasteiger partial charge in [-0.05, 0) is 24.7 Å². The molecule has 0 bridgehead atoms. The minimum Gasteiger partial charge on any atom is -0.122 e. The van der Waals surface area contributed by atoms with Crippen LogP contribution < -0.4 is 0 Å². The van der Waals surface area contributed by atoms with E-state index < -0.39 is 0 Å². The highest BCUT2D eigenvalue weighted by Gasteiger charge is 2.24. The summed E-state index contributed by atoms with van der Waals surface area (Å²) in [6, 6.07) is 0. The Morgan fingerprint density at radius 1 is 1.11 bits per heavy atom. The Morgan fingerprint density at radius 3 is 1.89 bits per heavy atom. The second-order valence-corrected chi connectivity index (χ2v) is 3.83. The van der Waals surface area contributed by atoms with Crippen LogP contribution in [0.15, 0.2) is 0 Å². The molecular formula is C8H15Cl. The number of halogens is 1. The number of rotatable bonds is 0. The molecule has 2 atom stereocenters.